The Hall–Kier alpha value is -0.890. The first-order valence-corrected chi connectivity index (χ1v) is 4.34. The van der Waals surface area contributed by atoms with Gasteiger partial charge in [-0.05, 0) is 23.3 Å². The zero-order chi connectivity index (χ0) is 8.97. The van der Waals surface area contributed by atoms with E-state index in [-0.39, 0.29) is 0 Å². The molecule has 12 heavy (non-hydrogen) atoms. The van der Waals surface area contributed by atoms with Gasteiger partial charge in [0.25, 0.3) is 0 Å². The fourth-order valence-corrected chi connectivity index (χ4v) is 1.10. The molecule has 0 saturated heterocycles. The molecular weight excluding hydrogens is 168 g/mol. The highest BCUT2D eigenvalue weighted by atomic mass is 32.1. The van der Waals surface area contributed by atoms with Crippen molar-refractivity contribution >= 4 is 18.2 Å². The lowest BCUT2D eigenvalue weighted by atomic mass is 10.1. The van der Waals surface area contributed by atoms with Gasteiger partial charge in [0.05, 0.1) is 7.11 Å². The molecule has 1 aromatic carbocycles. The molecule has 0 spiro atoms. The van der Waals surface area contributed by atoms with Crippen LogP contribution in [0.25, 0.3) is 5.57 Å². The molecule has 0 fully saturated rings. The van der Waals surface area contributed by atoms with E-state index in [0.717, 1.165) is 16.9 Å². The summed E-state index contributed by atoms with van der Waals surface area (Å²) in [6.45, 7) is 3.88. The molecule has 1 nitrogen and oxygen atoms in total. The van der Waals surface area contributed by atoms with Crippen molar-refractivity contribution in [2.45, 2.75) is 0 Å². The monoisotopic (exact) mass is 180 g/mol. The summed E-state index contributed by atoms with van der Waals surface area (Å²) in [6, 6.07) is 7.81. The van der Waals surface area contributed by atoms with Crippen LogP contribution in [0.5, 0.6) is 5.75 Å². The van der Waals surface area contributed by atoms with E-state index in [9.17, 15) is 0 Å². The van der Waals surface area contributed by atoms with Gasteiger partial charge in [-0.1, -0.05) is 18.7 Å². The quantitative estimate of drug-likeness (QED) is 0.703. The molecule has 0 N–H and O–H groups in total. The van der Waals surface area contributed by atoms with Crippen molar-refractivity contribution in [3.8, 4) is 5.75 Å². The Labute approximate surface area is 78.5 Å². The fraction of sp³-hybridized carbons (Fsp3) is 0.200. The van der Waals surface area contributed by atoms with Crippen molar-refractivity contribution in [2.24, 2.45) is 0 Å². The van der Waals surface area contributed by atoms with Crippen molar-refractivity contribution in [3.05, 3.63) is 36.4 Å². The van der Waals surface area contributed by atoms with Crippen LogP contribution in [-0.4, -0.2) is 12.9 Å². The van der Waals surface area contributed by atoms with Crippen LogP contribution >= 0.6 is 12.6 Å². The van der Waals surface area contributed by atoms with Crippen molar-refractivity contribution in [2.75, 3.05) is 12.9 Å². The second-order valence-electron chi connectivity index (χ2n) is 2.49. The minimum atomic E-state index is 0.687. The maximum atomic E-state index is 5.03. The first kappa shape index (κ1) is 9.20. The predicted octanol–water partition coefficient (Wildman–Crippen LogP) is 2.64. The van der Waals surface area contributed by atoms with E-state index in [1.807, 2.05) is 24.3 Å². The molecule has 64 valence electrons. The number of hydrogen-bond donors (Lipinski definition) is 1. The first-order valence-electron chi connectivity index (χ1n) is 3.71. The molecule has 0 amide bonds. The molecule has 0 aromatic heterocycles. The Morgan fingerprint density at radius 1 is 1.42 bits per heavy atom. The smallest absolute Gasteiger partial charge is 0.118 e. The number of ether oxygens (including phenoxy) is 1. The number of methoxy groups -OCH3 is 1. The topological polar surface area (TPSA) is 9.23 Å². The largest absolute Gasteiger partial charge is 0.497 e. The number of hydrogen-bond acceptors (Lipinski definition) is 2. The van der Waals surface area contributed by atoms with E-state index >= 15 is 0 Å². The molecule has 0 bridgehead atoms. The van der Waals surface area contributed by atoms with Gasteiger partial charge in [0, 0.05) is 5.75 Å². The molecule has 1 rings (SSSR count). The lowest BCUT2D eigenvalue weighted by Crippen LogP contribution is -1.85. The molecule has 0 aliphatic rings. The zero-order valence-corrected chi connectivity index (χ0v) is 7.97. The van der Waals surface area contributed by atoms with Crippen molar-refractivity contribution in [1.82, 2.24) is 0 Å². The number of thiol groups is 1. The van der Waals surface area contributed by atoms with Crippen LogP contribution in [0, 0.1) is 0 Å². The van der Waals surface area contributed by atoms with E-state index in [1.54, 1.807) is 7.11 Å². The van der Waals surface area contributed by atoms with E-state index in [4.69, 9.17) is 4.74 Å². The normalized spacial score (nSPS) is 9.50. The molecular formula is C10H12OS. The average Bonchev–Trinajstić information content (AvgIpc) is 2.17. The fourth-order valence-electron chi connectivity index (χ4n) is 0.918. The van der Waals surface area contributed by atoms with E-state index < -0.39 is 0 Å². The molecule has 0 atom stereocenters. The zero-order valence-electron chi connectivity index (χ0n) is 7.08. The molecule has 0 unspecified atom stereocenters. The third kappa shape index (κ3) is 2.05. The molecule has 2 heteroatoms. The summed E-state index contributed by atoms with van der Waals surface area (Å²) in [5.41, 5.74) is 2.15. The second-order valence-corrected chi connectivity index (χ2v) is 2.81. The van der Waals surface area contributed by atoms with Gasteiger partial charge in [-0.25, -0.2) is 0 Å². The average molecular weight is 180 g/mol. The van der Waals surface area contributed by atoms with Crippen molar-refractivity contribution in [1.29, 1.82) is 0 Å². The third-order valence-corrected chi connectivity index (χ3v) is 2.07. The Balaban J connectivity index is 2.84. The molecule has 0 aliphatic heterocycles. The van der Waals surface area contributed by atoms with Gasteiger partial charge in [0.1, 0.15) is 5.75 Å². The summed E-state index contributed by atoms with van der Waals surface area (Å²) in [6.07, 6.45) is 0. The highest BCUT2D eigenvalue weighted by molar-refractivity contribution is 7.80. The summed E-state index contributed by atoms with van der Waals surface area (Å²) in [4.78, 5) is 0. The lowest BCUT2D eigenvalue weighted by Gasteiger charge is -2.03. The predicted molar refractivity (Wildman–Crippen MR) is 55.9 cm³/mol. The summed E-state index contributed by atoms with van der Waals surface area (Å²) in [7, 11) is 1.66. The van der Waals surface area contributed by atoms with Crippen LogP contribution in [0.4, 0.5) is 0 Å². The van der Waals surface area contributed by atoms with Crippen molar-refractivity contribution in [3.63, 3.8) is 0 Å². The van der Waals surface area contributed by atoms with Crippen LogP contribution in [0.1, 0.15) is 5.56 Å². The van der Waals surface area contributed by atoms with E-state index in [1.165, 1.54) is 0 Å². The maximum Gasteiger partial charge on any atom is 0.118 e. The van der Waals surface area contributed by atoms with Gasteiger partial charge < -0.3 is 4.74 Å². The van der Waals surface area contributed by atoms with Crippen LogP contribution in [-0.2, 0) is 0 Å². The SMILES string of the molecule is C=C(CS)c1ccc(OC)cc1. The van der Waals surface area contributed by atoms with Gasteiger partial charge in [-0.2, -0.15) is 12.6 Å². The maximum absolute atomic E-state index is 5.03. The van der Waals surface area contributed by atoms with E-state index in [2.05, 4.69) is 19.2 Å². The summed E-state index contributed by atoms with van der Waals surface area (Å²) < 4.78 is 5.03. The van der Waals surface area contributed by atoms with Gasteiger partial charge in [0.15, 0.2) is 0 Å². The minimum absolute atomic E-state index is 0.687. The van der Waals surface area contributed by atoms with Gasteiger partial charge >= 0.3 is 0 Å². The molecule has 0 saturated carbocycles. The molecule has 0 heterocycles. The molecule has 1 aromatic rings. The summed E-state index contributed by atoms with van der Waals surface area (Å²) in [5.74, 6) is 1.55. The van der Waals surface area contributed by atoms with Gasteiger partial charge in [-0.3, -0.25) is 0 Å². The number of benzene rings is 1. The second kappa shape index (κ2) is 4.21. The lowest BCUT2D eigenvalue weighted by molar-refractivity contribution is 0.415. The summed E-state index contributed by atoms with van der Waals surface area (Å²) in [5, 5.41) is 0. The van der Waals surface area contributed by atoms with E-state index in [0.29, 0.717) is 5.75 Å². The minimum Gasteiger partial charge on any atom is -0.497 e. The summed E-state index contributed by atoms with van der Waals surface area (Å²) >= 11 is 4.14. The first-order chi connectivity index (χ1) is 5.77. The van der Waals surface area contributed by atoms with Gasteiger partial charge in [0.2, 0.25) is 0 Å². The molecule has 0 radical (unpaired) electrons. The third-order valence-electron chi connectivity index (χ3n) is 1.69. The Morgan fingerprint density at radius 3 is 2.42 bits per heavy atom. The van der Waals surface area contributed by atoms with Crippen LogP contribution in [0.3, 0.4) is 0 Å². The van der Waals surface area contributed by atoms with Crippen LogP contribution < -0.4 is 4.74 Å². The van der Waals surface area contributed by atoms with Crippen LogP contribution in [0.2, 0.25) is 0 Å². The van der Waals surface area contributed by atoms with Crippen LogP contribution in [0.15, 0.2) is 30.8 Å². The van der Waals surface area contributed by atoms with Crippen molar-refractivity contribution < 1.29 is 4.74 Å². The molecule has 0 aliphatic carbocycles. The highest BCUT2D eigenvalue weighted by Gasteiger charge is 1.96. The van der Waals surface area contributed by atoms with Gasteiger partial charge in [-0.15, -0.1) is 0 Å². The standard InChI is InChI=1S/C10H12OS/c1-8(7-12)9-3-5-10(11-2)6-4-9/h3-6,12H,1,7H2,2H3. The Kier molecular flexibility index (Phi) is 3.23. The highest BCUT2D eigenvalue weighted by Crippen LogP contribution is 2.17. The Bertz CT molecular complexity index is 264. The number of rotatable bonds is 3. The Morgan fingerprint density at radius 2 is 2.00 bits per heavy atom.